The Morgan fingerprint density at radius 2 is 1.85 bits per heavy atom. The first-order valence-corrected chi connectivity index (χ1v) is 7.33. The fourth-order valence-electron chi connectivity index (χ4n) is 1.37. The zero-order chi connectivity index (χ0) is 15.3. The van der Waals surface area contributed by atoms with E-state index < -0.39 is 44.7 Å². The number of hydrogen-bond donors (Lipinski definition) is 0. The lowest BCUT2D eigenvalue weighted by Gasteiger charge is -2.04. The van der Waals surface area contributed by atoms with Crippen LogP contribution in [0.4, 0.5) is 8.78 Å². The fourth-order valence-corrected chi connectivity index (χ4v) is 2.55. The number of sulfone groups is 1. The van der Waals surface area contributed by atoms with Crippen LogP contribution in [0.1, 0.15) is 16.8 Å². The highest BCUT2D eigenvalue weighted by molar-refractivity contribution is 7.92. The molecule has 1 aromatic rings. The van der Waals surface area contributed by atoms with Crippen LogP contribution >= 0.6 is 0 Å². The highest BCUT2D eigenvalue weighted by Gasteiger charge is 2.20. The van der Waals surface area contributed by atoms with Gasteiger partial charge in [0.2, 0.25) is 0 Å². The van der Waals surface area contributed by atoms with E-state index in [4.69, 9.17) is 0 Å². The van der Waals surface area contributed by atoms with Crippen LogP contribution in [0.15, 0.2) is 18.2 Å². The summed E-state index contributed by atoms with van der Waals surface area (Å²) in [6, 6.07) is 2.37. The van der Waals surface area contributed by atoms with Gasteiger partial charge in [0.25, 0.3) is 0 Å². The van der Waals surface area contributed by atoms with Crippen LogP contribution in [0, 0.1) is 11.6 Å². The third-order valence-corrected chi connectivity index (χ3v) is 3.97. The van der Waals surface area contributed by atoms with E-state index in [-0.39, 0.29) is 12.0 Å². The first kappa shape index (κ1) is 16.2. The van der Waals surface area contributed by atoms with Gasteiger partial charge in [-0.15, -0.1) is 0 Å². The standard InChI is InChI=1S/C12H12F2O5S/c1-19-12(16)4-5-20(17,18)7-11(15)8-2-3-9(13)10(14)6-8/h2-3,6H,4-5,7H2,1H3. The summed E-state index contributed by atoms with van der Waals surface area (Å²) in [6.45, 7) is 0. The Bertz CT molecular complexity index is 625. The average molecular weight is 306 g/mol. The lowest BCUT2D eigenvalue weighted by Crippen LogP contribution is -2.21. The number of esters is 1. The minimum atomic E-state index is -3.82. The van der Waals surface area contributed by atoms with Gasteiger partial charge in [0.15, 0.2) is 27.3 Å². The summed E-state index contributed by atoms with van der Waals surface area (Å²) in [5, 5.41) is 0. The minimum absolute atomic E-state index is 0.245. The molecule has 0 spiro atoms. The van der Waals surface area contributed by atoms with Gasteiger partial charge in [0.1, 0.15) is 5.75 Å². The Labute approximate surface area is 114 Å². The first-order valence-electron chi connectivity index (χ1n) is 5.50. The van der Waals surface area contributed by atoms with Gasteiger partial charge < -0.3 is 4.74 Å². The summed E-state index contributed by atoms with van der Waals surface area (Å²) in [4.78, 5) is 22.5. The largest absolute Gasteiger partial charge is 0.469 e. The zero-order valence-electron chi connectivity index (χ0n) is 10.6. The molecule has 0 saturated heterocycles. The molecule has 8 heteroatoms. The van der Waals surface area contributed by atoms with Crippen LogP contribution in [-0.4, -0.2) is 38.8 Å². The number of rotatable bonds is 6. The Balaban J connectivity index is 2.74. The molecule has 0 saturated carbocycles. The van der Waals surface area contributed by atoms with Crippen LogP contribution in [0.5, 0.6) is 0 Å². The summed E-state index contributed by atoms with van der Waals surface area (Å²) in [5.74, 6) is -5.37. The quantitative estimate of drug-likeness (QED) is 0.581. The van der Waals surface area contributed by atoms with E-state index in [1.807, 2.05) is 0 Å². The molecule has 0 unspecified atom stereocenters. The Morgan fingerprint density at radius 1 is 1.20 bits per heavy atom. The molecule has 0 aliphatic rings. The van der Waals surface area contributed by atoms with Crippen molar-refractivity contribution in [2.24, 2.45) is 0 Å². The maximum Gasteiger partial charge on any atom is 0.306 e. The molecular weight excluding hydrogens is 294 g/mol. The van der Waals surface area contributed by atoms with Crippen molar-refractivity contribution in [3.05, 3.63) is 35.4 Å². The molecule has 5 nitrogen and oxygen atoms in total. The van der Waals surface area contributed by atoms with Gasteiger partial charge in [-0.3, -0.25) is 9.59 Å². The number of benzene rings is 1. The Hall–Kier alpha value is -1.83. The molecule has 0 heterocycles. The molecule has 0 amide bonds. The van der Waals surface area contributed by atoms with Gasteiger partial charge in [-0.05, 0) is 18.2 Å². The van der Waals surface area contributed by atoms with Crippen LogP contribution in [0.2, 0.25) is 0 Å². The molecule has 110 valence electrons. The van der Waals surface area contributed by atoms with Gasteiger partial charge in [-0.2, -0.15) is 0 Å². The molecule has 0 bridgehead atoms. The highest BCUT2D eigenvalue weighted by atomic mass is 32.2. The van der Waals surface area contributed by atoms with E-state index in [0.29, 0.717) is 6.07 Å². The summed E-state index contributed by atoms with van der Waals surface area (Å²) in [6.07, 6.45) is -0.371. The third-order valence-electron chi connectivity index (χ3n) is 2.44. The lowest BCUT2D eigenvalue weighted by atomic mass is 10.1. The van der Waals surface area contributed by atoms with Crippen molar-refractivity contribution in [2.75, 3.05) is 18.6 Å². The van der Waals surface area contributed by atoms with Gasteiger partial charge in [0, 0.05) is 5.56 Å². The number of carbonyl (C=O) groups excluding carboxylic acids is 2. The van der Waals surface area contributed by atoms with Crippen molar-refractivity contribution in [1.29, 1.82) is 0 Å². The predicted molar refractivity (Wildman–Crippen MR) is 66.0 cm³/mol. The van der Waals surface area contributed by atoms with Crippen LogP contribution in [0.25, 0.3) is 0 Å². The molecule has 0 aromatic heterocycles. The van der Waals surface area contributed by atoms with Crippen molar-refractivity contribution >= 4 is 21.6 Å². The van der Waals surface area contributed by atoms with E-state index in [9.17, 15) is 26.8 Å². The molecule has 1 aromatic carbocycles. The number of ketones is 1. The maximum atomic E-state index is 12.9. The molecule has 0 aliphatic carbocycles. The molecule has 0 atom stereocenters. The molecule has 0 radical (unpaired) electrons. The smallest absolute Gasteiger partial charge is 0.306 e. The minimum Gasteiger partial charge on any atom is -0.469 e. The topological polar surface area (TPSA) is 77.5 Å². The summed E-state index contributed by atoms with van der Waals surface area (Å²) in [7, 11) is -2.71. The average Bonchev–Trinajstić information content (AvgIpc) is 2.38. The second kappa shape index (κ2) is 6.56. The SMILES string of the molecule is COC(=O)CCS(=O)(=O)CC(=O)c1ccc(F)c(F)c1. The molecule has 1 rings (SSSR count). The Kier molecular flexibility index (Phi) is 5.32. The predicted octanol–water partition coefficient (Wildman–Crippen LogP) is 1.13. The van der Waals surface area contributed by atoms with Gasteiger partial charge in [-0.25, -0.2) is 17.2 Å². The van der Waals surface area contributed by atoms with E-state index in [0.717, 1.165) is 19.2 Å². The second-order valence-electron chi connectivity index (χ2n) is 3.97. The normalized spacial score (nSPS) is 11.2. The number of methoxy groups -OCH3 is 1. The van der Waals surface area contributed by atoms with Crippen molar-refractivity contribution < 1.29 is 31.5 Å². The van der Waals surface area contributed by atoms with Crippen molar-refractivity contribution in [2.45, 2.75) is 6.42 Å². The van der Waals surface area contributed by atoms with Crippen molar-refractivity contribution in [3.8, 4) is 0 Å². The summed E-state index contributed by atoms with van der Waals surface area (Å²) in [5.41, 5.74) is -0.245. The molecule has 0 fully saturated rings. The third kappa shape index (κ3) is 4.69. The fraction of sp³-hybridized carbons (Fsp3) is 0.333. The maximum absolute atomic E-state index is 12.9. The lowest BCUT2D eigenvalue weighted by molar-refractivity contribution is -0.140. The van der Waals surface area contributed by atoms with Crippen LogP contribution < -0.4 is 0 Å². The van der Waals surface area contributed by atoms with Crippen molar-refractivity contribution in [3.63, 3.8) is 0 Å². The number of ether oxygens (including phenoxy) is 1. The van der Waals surface area contributed by atoms with Crippen LogP contribution in [0.3, 0.4) is 0 Å². The number of hydrogen-bond acceptors (Lipinski definition) is 5. The molecule has 0 aliphatic heterocycles. The number of halogens is 2. The van der Waals surface area contributed by atoms with E-state index >= 15 is 0 Å². The zero-order valence-corrected chi connectivity index (χ0v) is 11.4. The number of carbonyl (C=O) groups is 2. The molecule has 20 heavy (non-hydrogen) atoms. The van der Waals surface area contributed by atoms with E-state index in [1.165, 1.54) is 0 Å². The highest BCUT2D eigenvalue weighted by Crippen LogP contribution is 2.10. The van der Waals surface area contributed by atoms with Gasteiger partial charge in [0.05, 0.1) is 19.3 Å². The van der Waals surface area contributed by atoms with E-state index in [1.54, 1.807) is 0 Å². The van der Waals surface area contributed by atoms with Crippen LogP contribution in [-0.2, 0) is 19.4 Å². The van der Waals surface area contributed by atoms with Gasteiger partial charge in [-0.1, -0.05) is 0 Å². The van der Waals surface area contributed by atoms with Gasteiger partial charge >= 0.3 is 5.97 Å². The Morgan fingerprint density at radius 3 is 2.40 bits per heavy atom. The number of Topliss-reactive ketones (excluding diaryl/α,β-unsaturated/α-hetero) is 1. The monoisotopic (exact) mass is 306 g/mol. The summed E-state index contributed by atoms with van der Waals surface area (Å²) < 4.78 is 53.1. The molecule has 0 N–H and O–H groups in total. The van der Waals surface area contributed by atoms with E-state index in [2.05, 4.69) is 4.74 Å². The second-order valence-corrected chi connectivity index (χ2v) is 6.15. The molecular formula is C12H12F2O5S. The first-order chi connectivity index (χ1) is 9.25. The summed E-state index contributed by atoms with van der Waals surface area (Å²) >= 11 is 0. The van der Waals surface area contributed by atoms with Crippen molar-refractivity contribution in [1.82, 2.24) is 0 Å².